The van der Waals surface area contributed by atoms with Crippen LogP contribution in [0.25, 0.3) is 0 Å². The number of nitrogens with zero attached hydrogens (tertiary/aromatic N) is 1. The number of likely N-dealkylation sites (tertiary alicyclic amines) is 1. The molecule has 0 spiro atoms. The first-order chi connectivity index (χ1) is 11.3. The van der Waals surface area contributed by atoms with E-state index in [-0.39, 0.29) is 11.7 Å². The van der Waals surface area contributed by atoms with Crippen molar-refractivity contribution in [3.8, 4) is 5.75 Å². The van der Waals surface area contributed by atoms with Crippen LogP contribution in [-0.4, -0.2) is 45.2 Å². The van der Waals surface area contributed by atoms with E-state index in [0.29, 0.717) is 30.4 Å². The minimum absolute atomic E-state index is 0.0853. The largest absolute Gasteiger partial charge is 0.497 e. The Bertz CT molecular complexity index is 667. The van der Waals surface area contributed by atoms with E-state index in [1.807, 2.05) is 0 Å². The summed E-state index contributed by atoms with van der Waals surface area (Å²) in [6.45, 7) is 5.28. The Morgan fingerprint density at radius 2 is 2.04 bits per heavy atom. The molecule has 1 atom stereocenters. The summed E-state index contributed by atoms with van der Waals surface area (Å²) >= 11 is 0. The van der Waals surface area contributed by atoms with Crippen LogP contribution in [0.5, 0.6) is 5.75 Å². The molecule has 0 saturated carbocycles. The summed E-state index contributed by atoms with van der Waals surface area (Å²) in [5, 5.41) is 0. The van der Waals surface area contributed by atoms with E-state index in [1.54, 1.807) is 36.1 Å². The highest BCUT2D eigenvalue weighted by Gasteiger charge is 2.28. The summed E-state index contributed by atoms with van der Waals surface area (Å²) < 4.78 is 32.2. The van der Waals surface area contributed by atoms with E-state index in [0.717, 1.165) is 12.8 Å². The van der Waals surface area contributed by atoms with Crippen LogP contribution in [0.2, 0.25) is 0 Å². The van der Waals surface area contributed by atoms with Gasteiger partial charge in [-0.1, -0.05) is 19.9 Å². The Morgan fingerprint density at radius 3 is 2.67 bits per heavy atom. The number of hydrogen-bond acceptors (Lipinski definition) is 4. The van der Waals surface area contributed by atoms with Gasteiger partial charge in [0.15, 0.2) is 0 Å². The third kappa shape index (κ3) is 5.12. The summed E-state index contributed by atoms with van der Waals surface area (Å²) in [5.41, 5.74) is 0.431. The van der Waals surface area contributed by atoms with Gasteiger partial charge in [0.05, 0.1) is 24.5 Å². The molecule has 134 valence electrons. The minimum Gasteiger partial charge on any atom is -0.497 e. The average Bonchev–Trinajstić information content (AvgIpc) is 2.54. The number of benzene rings is 1. The number of piperidine rings is 1. The second kappa shape index (κ2) is 7.88. The summed E-state index contributed by atoms with van der Waals surface area (Å²) in [6, 6.07) is 6.70. The quantitative estimate of drug-likeness (QED) is 0.851. The minimum atomic E-state index is -3.61. The molecule has 24 heavy (non-hydrogen) atoms. The summed E-state index contributed by atoms with van der Waals surface area (Å²) in [6.07, 6.45) is 1.96. The SMILES string of the molecule is COc1cccc(NS(=O)(=O)CC(C)C(=O)N2CCC(C)CC2)c1. The van der Waals surface area contributed by atoms with Crippen molar-refractivity contribution in [3.63, 3.8) is 0 Å². The predicted octanol–water partition coefficient (Wildman–Crippen LogP) is 2.33. The van der Waals surface area contributed by atoms with Crippen LogP contribution in [0.3, 0.4) is 0 Å². The Kier molecular flexibility index (Phi) is 6.10. The number of carbonyl (C=O) groups is 1. The number of anilines is 1. The second-order valence-electron chi connectivity index (χ2n) is 6.52. The molecule has 1 aromatic rings. The lowest BCUT2D eigenvalue weighted by Crippen LogP contribution is -2.42. The van der Waals surface area contributed by atoms with Crippen molar-refractivity contribution in [2.45, 2.75) is 26.7 Å². The van der Waals surface area contributed by atoms with Gasteiger partial charge in [-0.15, -0.1) is 0 Å². The third-order valence-corrected chi connectivity index (χ3v) is 5.81. The van der Waals surface area contributed by atoms with Gasteiger partial charge < -0.3 is 9.64 Å². The fourth-order valence-corrected chi connectivity index (χ4v) is 4.22. The van der Waals surface area contributed by atoms with Gasteiger partial charge in [-0.05, 0) is 30.9 Å². The zero-order chi connectivity index (χ0) is 17.7. The zero-order valence-corrected chi connectivity index (χ0v) is 15.3. The van der Waals surface area contributed by atoms with Gasteiger partial charge in [0.1, 0.15) is 5.75 Å². The highest BCUT2D eigenvalue weighted by atomic mass is 32.2. The molecule has 1 aliphatic heterocycles. The van der Waals surface area contributed by atoms with E-state index in [2.05, 4.69) is 11.6 Å². The van der Waals surface area contributed by atoms with Gasteiger partial charge in [-0.25, -0.2) is 8.42 Å². The Balaban J connectivity index is 1.96. The average molecular weight is 354 g/mol. The van der Waals surface area contributed by atoms with Gasteiger partial charge in [-0.2, -0.15) is 0 Å². The highest BCUT2D eigenvalue weighted by Crippen LogP contribution is 2.20. The standard InChI is InChI=1S/C17H26N2O4S/c1-13-7-9-19(10-8-13)17(20)14(2)12-24(21,22)18-15-5-4-6-16(11-15)23-3/h4-6,11,13-14,18H,7-10,12H2,1-3H3. The van der Waals surface area contributed by atoms with Crippen molar-refractivity contribution in [2.24, 2.45) is 11.8 Å². The van der Waals surface area contributed by atoms with Crippen molar-refractivity contribution < 1.29 is 17.9 Å². The maximum Gasteiger partial charge on any atom is 0.233 e. The van der Waals surface area contributed by atoms with Gasteiger partial charge in [0.2, 0.25) is 15.9 Å². The number of rotatable bonds is 6. The van der Waals surface area contributed by atoms with E-state index in [9.17, 15) is 13.2 Å². The van der Waals surface area contributed by atoms with Crippen LogP contribution in [0, 0.1) is 11.8 Å². The first-order valence-electron chi connectivity index (χ1n) is 8.24. The topological polar surface area (TPSA) is 75.7 Å². The molecule has 1 amide bonds. The first kappa shape index (κ1) is 18.6. The van der Waals surface area contributed by atoms with Crippen LogP contribution in [0.4, 0.5) is 5.69 Å². The van der Waals surface area contributed by atoms with E-state index < -0.39 is 15.9 Å². The fraction of sp³-hybridized carbons (Fsp3) is 0.588. The lowest BCUT2D eigenvalue weighted by atomic mass is 9.98. The number of nitrogens with one attached hydrogen (secondary N) is 1. The maximum absolute atomic E-state index is 12.4. The lowest BCUT2D eigenvalue weighted by molar-refractivity contribution is -0.135. The number of amides is 1. The Labute approximate surface area is 144 Å². The van der Waals surface area contributed by atoms with Gasteiger partial charge in [0.25, 0.3) is 0 Å². The molecule has 1 heterocycles. The van der Waals surface area contributed by atoms with Crippen LogP contribution in [0.15, 0.2) is 24.3 Å². The maximum atomic E-state index is 12.4. The Morgan fingerprint density at radius 1 is 1.38 bits per heavy atom. The van der Waals surface area contributed by atoms with Crippen LogP contribution in [0.1, 0.15) is 26.7 Å². The van der Waals surface area contributed by atoms with Gasteiger partial charge in [-0.3, -0.25) is 9.52 Å². The molecular formula is C17H26N2O4S. The Hall–Kier alpha value is -1.76. The van der Waals surface area contributed by atoms with Crippen LogP contribution in [-0.2, 0) is 14.8 Å². The van der Waals surface area contributed by atoms with E-state index in [1.165, 1.54) is 7.11 Å². The van der Waals surface area contributed by atoms with Crippen molar-refractivity contribution in [2.75, 3.05) is 30.7 Å². The summed E-state index contributed by atoms with van der Waals surface area (Å²) in [7, 11) is -2.08. The molecule has 7 heteroatoms. The predicted molar refractivity (Wildman–Crippen MR) is 94.5 cm³/mol. The normalized spacial score (nSPS) is 17.4. The van der Waals surface area contributed by atoms with Gasteiger partial charge in [0, 0.05) is 19.2 Å². The molecule has 1 N–H and O–H groups in total. The van der Waals surface area contributed by atoms with Crippen LogP contribution < -0.4 is 9.46 Å². The van der Waals surface area contributed by atoms with E-state index >= 15 is 0 Å². The van der Waals surface area contributed by atoms with Gasteiger partial charge >= 0.3 is 0 Å². The first-order valence-corrected chi connectivity index (χ1v) is 9.89. The lowest BCUT2D eigenvalue weighted by Gasteiger charge is -2.32. The second-order valence-corrected chi connectivity index (χ2v) is 8.29. The molecule has 1 aromatic carbocycles. The summed E-state index contributed by atoms with van der Waals surface area (Å²) in [4.78, 5) is 14.2. The molecule has 1 saturated heterocycles. The van der Waals surface area contributed by atoms with Crippen molar-refractivity contribution >= 4 is 21.6 Å². The molecule has 0 bridgehead atoms. The molecule has 0 radical (unpaired) electrons. The van der Waals surface area contributed by atoms with Crippen molar-refractivity contribution in [3.05, 3.63) is 24.3 Å². The third-order valence-electron chi connectivity index (χ3n) is 4.33. The number of carbonyl (C=O) groups excluding carboxylic acids is 1. The zero-order valence-electron chi connectivity index (χ0n) is 14.5. The van der Waals surface area contributed by atoms with Crippen molar-refractivity contribution in [1.29, 1.82) is 0 Å². The monoisotopic (exact) mass is 354 g/mol. The number of methoxy groups -OCH3 is 1. The van der Waals surface area contributed by atoms with Crippen LogP contribution >= 0.6 is 0 Å². The number of sulfonamides is 1. The summed E-state index contributed by atoms with van der Waals surface area (Å²) in [5.74, 6) is 0.318. The molecule has 0 aliphatic carbocycles. The number of hydrogen-bond donors (Lipinski definition) is 1. The fourth-order valence-electron chi connectivity index (χ4n) is 2.85. The molecule has 1 aliphatic rings. The number of ether oxygens (including phenoxy) is 1. The molecule has 1 fully saturated rings. The molecule has 0 aromatic heterocycles. The van der Waals surface area contributed by atoms with E-state index in [4.69, 9.17) is 4.74 Å². The molecule has 2 rings (SSSR count). The van der Waals surface area contributed by atoms with Crippen molar-refractivity contribution in [1.82, 2.24) is 4.90 Å². The smallest absolute Gasteiger partial charge is 0.233 e. The molecular weight excluding hydrogens is 328 g/mol. The molecule has 1 unspecified atom stereocenters. The highest BCUT2D eigenvalue weighted by molar-refractivity contribution is 7.92. The molecule has 6 nitrogen and oxygen atoms in total.